The van der Waals surface area contributed by atoms with E-state index in [1.165, 1.54) is 0 Å². The first kappa shape index (κ1) is 16.0. The number of likely N-dealkylation sites (N-methyl/N-ethyl adjacent to an activating group) is 1. The maximum atomic E-state index is 11.6. The molecule has 1 amide bonds. The van der Waals surface area contributed by atoms with Crippen LogP contribution in [0.25, 0.3) is 0 Å². The summed E-state index contributed by atoms with van der Waals surface area (Å²) in [5, 5.41) is 12.0. The number of nitrogen functional groups attached to an aromatic ring is 1. The number of hydrogen-bond donors (Lipinski definition) is 3. The molecule has 0 fully saturated rings. The van der Waals surface area contributed by atoms with E-state index >= 15 is 0 Å². The molecule has 1 aromatic carbocycles. The number of carbonyl (C=O) groups excluding carboxylic acids is 1. The first-order valence-electron chi connectivity index (χ1n) is 6.51. The van der Waals surface area contributed by atoms with Crippen molar-refractivity contribution in [1.29, 1.82) is 0 Å². The minimum Gasteiger partial charge on any atom is -0.478 e. The Balaban J connectivity index is 2.71. The van der Waals surface area contributed by atoms with Crippen LogP contribution in [0.1, 0.15) is 29.3 Å². The number of aromatic carboxylic acids is 1. The van der Waals surface area contributed by atoms with Crippen molar-refractivity contribution < 1.29 is 14.7 Å². The van der Waals surface area contributed by atoms with Gasteiger partial charge in [-0.3, -0.25) is 9.69 Å². The summed E-state index contributed by atoms with van der Waals surface area (Å²) in [6.07, 6.45) is 0.883. The summed E-state index contributed by atoms with van der Waals surface area (Å²) < 4.78 is 0. The van der Waals surface area contributed by atoms with Crippen molar-refractivity contribution in [3.05, 3.63) is 29.3 Å². The summed E-state index contributed by atoms with van der Waals surface area (Å²) in [4.78, 5) is 24.6. The van der Waals surface area contributed by atoms with E-state index in [1.54, 1.807) is 30.1 Å². The van der Waals surface area contributed by atoms with Crippen LogP contribution in [-0.2, 0) is 11.3 Å². The maximum absolute atomic E-state index is 11.6. The molecule has 0 radical (unpaired) electrons. The van der Waals surface area contributed by atoms with E-state index in [0.717, 1.165) is 6.42 Å². The summed E-state index contributed by atoms with van der Waals surface area (Å²) >= 11 is 0. The molecule has 1 aromatic rings. The van der Waals surface area contributed by atoms with Crippen LogP contribution in [0.5, 0.6) is 0 Å². The predicted octanol–water partition coefficient (Wildman–Crippen LogP) is 0.925. The number of nitrogens with one attached hydrogen (secondary N) is 1. The Hall–Kier alpha value is -2.08. The first-order valence-corrected chi connectivity index (χ1v) is 6.51. The molecule has 0 atom stereocenters. The number of anilines is 1. The molecule has 0 bridgehead atoms. The third kappa shape index (κ3) is 4.55. The molecule has 4 N–H and O–H groups in total. The standard InChI is InChI=1S/C14H21N3O3/c1-3-7-16-12(18)9-17(2)8-10-5-4-6-11(15)13(10)14(19)20/h4-6H,3,7-9,15H2,1-2H3,(H,16,18)(H,19,20). The van der Waals surface area contributed by atoms with Crippen molar-refractivity contribution in [3.63, 3.8) is 0 Å². The number of nitrogens with zero attached hydrogens (tertiary/aromatic N) is 1. The lowest BCUT2D eigenvalue weighted by Crippen LogP contribution is -2.35. The van der Waals surface area contributed by atoms with Crippen molar-refractivity contribution in [3.8, 4) is 0 Å². The molecule has 0 spiro atoms. The van der Waals surface area contributed by atoms with E-state index in [-0.39, 0.29) is 23.7 Å². The zero-order valence-corrected chi connectivity index (χ0v) is 11.8. The van der Waals surface area contributed by atoms with Crippen LogP contribution in [-0.4, -0.2) is 42.0 Å². The van der Waals surface area contributed by atoms with Gasteiger partial charge in [-0.1, -0.05) is 19.1 Å². The smallest absolute Gasteiger partial charge is 0.338 e. The Kier molecular flexibility index (Phi) is 5.99. The van der Waals surface area contributed by atoms with Gasteiger partial charge in [-0.05, 0) is 25.1 Å². The third-order valence-corrected chi connectivity index (χ3v) is 2.82. The van der Waals surface area contributed by atoms with Gasteiger partial charge in [-0.25, -0.2) is 4.79 Å². The number of benzene rings is 1. The van der Waals surface area contributed by atoms with Crippen molar-refractivity contribution in [2.24, 2.45) is 0 Å². The van der Waals surface area contributed by atoms with Crippen molar-refractivity contribution >= 4 is 17.6 Å². The quantitative estimate of drug-likeness (QED) is 0.645. The number of nitrogens with two attached hydrogens (primary N) is 1. The molecule has 6 nitrogen and oxygen atoms in total. The van der Waals surface area contributed by atoms with Gasteiger partial charge in [0.1, 0.15) is 0 Å². The zero-order valence-electron chi connectivity index (χ0n) is 11.8. The number of amides is 1. The summed E-state index contributed by atoms with van der Waals surface area (Å²) in [7, 11) is 1.76. The fourth-order valence-corrected chi connectivity index (χ4v) is 1.92. The summed E-state index contributed by atoms with van der Waals surface area (Å²) in [5.41, 5.74) is 6.63. The molecule has 6 heteroatoms. The average Bonchev–Trinajstić information content (AvgIpc) is 2.35. The number of hydrogen-bond acceptors (Lipinski definition) is 4. The lowest BCUT2D eigenvalue weighted by molar-refractivity contribution is -0.122. The highest BCUT2D eigenvalue weighted by Gasteiger charge is 2.15. The van der Waals surface area contributed by atoms with Crippen LogP contribution >= 0.6 is 0 Å². The molecule has 0 saturated heterocycles. The van der Waals surface area contributed by atoms with Crippen molar-refractivity contribution in [2.75, 3.05) is 25.9 Å². The molecule has 0 unspecified atom stereocenters. The first-order chi connectivity index (χ1) is 9.45. The van der Waals surface area contributed by atoms with Crippen LogP contribution in [0, 0.1) is 0 Å². The molecule has 20 heavy (non-hydrogen) atoms. The van der Waals surface area contributed by atoms with Gasteiger partial charge < -0.3 is 16.2 Å². The molecule has 0 aliphatic carbocycles. The highest BCUT2D eigenvalue weighted by molar-refractivity contribution is 5.95. The maximum Gasteiger partial charge on any atom is 0.338 e. The molecule has 110 valence electrons. The van der Waals surface area contributed by atoms with E-state index in [9.17, 15) is 14.7 Å². The Labute approximate surface area is 118 Å². The third-order valence-electron chi connectivity index (χ3n) is 2.82. The largest absolute Gasteiger partial charge is 0.478 e. The van der Waals surface area contributed by atoms with Gasteiger partial charge in [0.2, 0.25) is 5.91 Å². The monoisotopic (exact) mass is 279 g/mol. The second kappa shape index (κ2) is 7.49. The van der Waals surface area contributed by atoms with E-state index in [2.05, 4.69) is 5.32 Å². The summed E-state index contributed by atoms with van der Waals surface area (Å²) in [5.74, 6) is -1.13. The molecular formula is C14H21N3O3. The molecular weight excluding hydrogens is 258 g/mol. The Bertz CT molecular complexity index is 489. The van der Waals surface area contributed by atoms with E-state index in [4.69, 9.17) is 5.73 Å². The second-order valence-electron chi connectivity index (χ2n) is 4.71. The highest BCUT2D eigenvalue weighted by Crippen LogP contribution is 2.18. The Morgan fingerprint density at radius 3 is 2.70 bits per heavy atom. The van der Waals surface area contributed by atoms with E-state index < -0.39 is 5.97 Å². The van der Waals surface area contributed by atoms with Gasteiger partial charge in [0.15, 0.2) is 0 Å². The highest BCUT2D eigenvalue weighted by atomic mass is 16.4. The summed E-state index contributed by atoms with van der Waals surface area (Å²) in [6.45, 7) is 3.20. The topological polar surface area (TPSA) is 95.7 Å². The van der Waals surface area contributed by atoms with Crippen molar-refractivity contribution in [2.45, 2.75) is 19.9 Å². The molecule has 0 aliphatic rings. The average molecular weight is 279 g/mol. The number of carbonyl (C=O) groups is 2. The minimum absolute atomic E-state index is 0.0740. The van der Waals surface area contributed by atoms with Crippen molar-refractivity contribution in [1.82, 2.24) is 10.2 Å². The molecule has 0 aromatic heterocycles. The van der Waals surface area contributed by atoms with Crippen LogP contribution in [0.2, 0.25) is 0 Å². The normalized spacial score (nSPS) is 10.6. The summed E-state index contributed by atoms with van der Waals surface area (Å²) in [6, 6.07) is 4.98. The Morgan fingerprint density at radius 1 is 1.40 bits per heavy atom. The van der Waals surface area contributed by atoms with Crippen LogP contribution in [0.3, 0.4) is 0 Å². The van der Waals surface area contributed by atoms with Crippen LogP contribution in [0.15, 0.2) is 18.2 Å². The fraction of sp³-hybridized carbons (Fsp3) is 0.429. The molecule has 0 heterocycles. The number of carboxylic acids is 1. The van der Waals surface area contributed by atoms with Gasteiger partial charge in [0.25, 0.3) is 0 Å². The van der Waals surface area contributed by atoms with Gasteiger partial charge in [-0.2, -0.15) is 0 Å². The number of rotatable bonds is 7. The van der Waals surface area contributed by atoms with Gasteiger partial charge >= 0.3 is 5.97 Å². The molecule has 0 saturated carbocycles. The zero-order chi connectivity index (χ0) is 15.1. The second-order valence-corrected chi connectivity index (χ2v) is 4.71. The van der Waals surface area contributed by atoms with Gasteiger partial charge in [0.05, 0.1) is 12.1 Å². The SMILES string of the molecule is CCCNC(=O)CN(C)Cc1cccc(N)c1C(=O)O. The van der Waals surface area contributed by atoms with Crippen LogP contribution < -0.4 is 11.1 Å². The fourth-order valence-electron chi connectivity index (χ4n) is 1.92. The number of carboxylic acid groups (broad SMARTS) is 1. The molecule has 1 rings (SSSR count). The van der Waals surface area contributed by atoms with Gasteiger partial charge in [0, 0.05) is 18.8 Å². The van der Waals surface area contributed by atoms with Gasteiger partial charge in [-0.15, -0.1) is 0 Å². The van der Waals surface area contributed by atoms with E-state index in [0.29, 0.717) is 18.7 Å². The Morgan fingerprint density at radius 2 is 2.10 bits per heavy atom. The predicted molar refractivity (Wildman–Crippen MR) is 77.4 cm³/mol. The van der Waals surface area contributed by atoms with Crippen LogP contribution in [0.4, 0.5) is 5.69 Å². The lowest BCUT2D eigenvalue weighted by Gasteiger charge is -2.18. The lowest BCUT2D eigenvalue weighted by atomic mass is 10.1. The minimum atomic E-state index is -1.05. The molecule has 0 aliphatic heterocycles. The van der Waals surface area contributed by atoms with E-state index in [1.807, 2.05) is 6.92 Å².